The van der Waals surface area contributed by atoms with Crippen LogP contribution in [-0.4, -0.2) is 15.7 Å². The minimum Gasteiger partial charge on any atom is -0.294 e. The van der Waals surface area contributed by atoms with E-state index >= 15 is 0 Å². The maximum atomic E-state index is 13.1. The maximum absolute atomic E-state index is 13.1. The number of nitro groups is 1. The van der Waals surface area contributed by atoms with Gasteiger partial charge in [-0.25, -0.2) is 0 Å². The quantitative estimate of drug-likeness (QED) is 0.422. The predicted molar refractivity (Wildman–Crippen MR) is 113 cm³/mol. The number of carbonyl (C=O) groups is 1. The molecule has 0 N–H and O–H groups in total. The second-order valence-electron chi connectivity index (χ2n) is 8.39. The number of fused-ring (bicyclic) bond motifs is 1. The van der Waals surface area contributed by atoms with Crippen LogP contribution in [0, 0.1) is 22.5 Å². The fourth-order valence-corrected chi connectivity index (χ4v) is 4.18. The molecule has 1 heterocycles. The van der Waals surface area contributed by atoms with Gasteiger partial charge in [0.1, 0.15) is 0 Å². The Morgan fingerprint density at radius 2 is 1.59 bits per heavy atom. The van der Waals surface area contributed by atoms with Gasteiger partial charge in [-0.2, -0.15) is 0 Å². The molecule has 1 aromatic heterocycles. The first kappa shape index (κ1) is 19.0. The van der Waals surface area contributed by atoms with E-state index in [1.807, 2.05) is 37.3 Å². The second kappa shape index (κ2) is 6.92. The van der Waals surface area contributed by atoms with Crippen LogP contribution < -0.4 is 0 Å². The van der Waals surface area contributed by atoms with Crippen molar-refractivity contribution in [1.29, 1.82) is 0 Å². The first-order valence-corrected chi connectivity index (χ1v) is 9.64. The number of pyridine rings is 1. The standard InChI is InChI=1S/C24H22N2O3/c1-15-21(16-9-11-18(12-10-16)26(28)29)22-19(13-24(2,3)14-20(22)27)25-23(15)17-7-5-4-6-8-17/h4-12H,13-14H2,1-3H3. The van der Waals surface area contributed by atoms with Crippen LogP contribution >= 0.6 is 0 Å². The summed E-state index contributed by atoms with van der Waals surface area (Å²) in [7, 11) is 0. The molecule has 2 aromatic carbocycles. The molecule has 4 rings (SSSR count). The molecule has 0 amide bonds. The lowest BCUT2D eigenvalue weighted by molar-refractivity contribution is -0.384. The number of aromatic nitrogens is 1. The van der Waals surface area contributed by atoms with Crippen LogP contribution in [0.4, 0.5) is 5.69 Å². The number of benzene rings is 2. The number of nitro benzene ring substituents is 1. The number of hydrogen-bond donors (Lipinski definition) is 0. The van der Waals surface area contributed by atoms with E-state index in [2.05, 4.69) is 13.8 Å². The van der Waals surface area contributed by atoms with Crippen LogP contribution in [0.15, 0.2) is 54.6 Å². The predicted octanol–water partition coefficient (Wildman–Crippen LogP) is 5.79. The third-order valence-corrected chi connectivity index (χ3v) is 5.49. The van der Waals surface area contributed by atoms with Gasteiger partial charge in [-0.1, -0.05) is 44.2 Å². The lowest BCUT2D eigenvalue weighted by atomic mass is 9.73. The molecular formula is C24H22N2O3. The van der Waals surface area contributed by atoms with Crippen LogP contribution in [0.25, 0.3) is 22.4 Å². The summed E-state index contributed by atoms with van der Waals surface area (Å²) >= 11 is 0. The van der Waals surface area contributed by atoms with Gasteiger partial charge in [0, 0.05) is 29.7 Å². The monoisotopic (exact) mass is 386 g/mol. The smallest absolute Gasteiger partial charge is 0.269 e. The van der Waals surface area contributed by atoms with Gasteiger partial charge in [0.15, 0.2) is 5.78 Å². The number of rotatable bonds is 3. The largest absolute Gasteiger partial charge is 0.294 e. The summed E-state index contributed by atoms with van der Waals surface area (Å²) in [6.07, 6.45) is 1.18. The molecule has 1 aliphatic rings. The molecule has 0 aliphatic heterocycles. The molecule has 0 unspecified atom stereocenters. The zero-order chi connectivity index (χ0) is 20.8. The average Bonchev–Trinajstić information content (AvgIpc) is 2.68. The number of non-ortho nitro benzene ring substituents is 1. The van der Waals surface area contributed by atoms with Crippen molar-refractivity contribution in [2.24, 2.45) is 5.41 Å². The van der Waals surface area contributed by atoms with Crippen LogP contribution in [0.3, 0.4) is 0 Å². The summed E-state index contributed by atoms with van der Waals surface area (Å²) in [5.41, 5.74) is 5.75. The van der Waals surface area contributed by atoms with Crippen molar-refractivity contribution in [3.63, 3.8) is 0 Å². The molecule has 5 nitrogen and oxygen atoms in total. The van der Waals surface area contributed by atoms with Gasteiger partial charge in [0.25, 0.3) is 5.69 Å². The Kier molecular flexibility index (Phi) is 4.53. The molecule has 29 heavy (non-hydrogen) atoms. The summed E-state index contributed by atoms with van der Waals surface area (Å²) < 4.78 is 0. The molecule has 0 fully saturated rings. The minimum absolute atomic E-state index is 0.0325. The van der Waals surface area contributed by atoms with Crippen LogP contribution in [0.1, 0.15) is 41.9 Å². The lowest BCUT2D eigenvalue weighted by Gasteiger charge is -2.32. The fourth-order valence-electron chi connectivity index (χ4n) is 4.18. The highest BCUT2D eigenvalue weighted by Crippen LogP contribution is 2.42. The second-order valence-corrected chi connectivity index (χ2v) is 8.39. The Morgan fingerprint density at radius 1 is 0.931 bits per heavy atom. The lowest BCUT2D eigenvalue weighted by Crippen LogP contribution is -2.29. The third-order valence-electron chi connectivity index (χ3n) is 5.49. The zero-order valence-electron chi connectivity index (χ0n) is 16.7. The molecular weight excluding hydrogens is 364 g/mol. The van der Waals surface area contributed by atoms with Gasteiger partial charge in [-0.05, 0) is 47.6 Å². The maximum Gasteiger partial charge on any atom is 0.269 e. The van der Waals surface area contributed by atoms with Crippen LogP contribution in [0.5, 0.6) is 0 Å². The van der Waals surface area contributed by atoms with Gasteiger partial charge in [-0.3, -0.25) is 19.9 Å². The molecule has 3 aromatic rings. The average molecular weight is 386 g/mol. The number of Topliss-reactive ketones (excluding diaryl/α,β-unsaturated/α-hetero) is 1. The number of carbonyl (C=O) groups excluding carboxylic acids is 1. The van der Waals surface area contributed by atoms with Crippen molar-refractivity contribution >= 4 is 11.5 Å². The highest BCUT2D eigenvalue weighted by Gasteiger charge is 2.35. The Morgan fingerprint density at radius 3 is 2.21 bits per heavy atom. The Hall–Kier alpha value is -3.34. The van der Waals surface area contributed by atoms with Gasteiger partial charge in [-0.15, -0.1) is 0 Å². The minimum atomic E-state index is -0.415. The van der Waals surface area contributed by atoms with Gasteiger partial charge < -0.3 is 0 Å². The van der Waals surface area contributed by atoms with Crippen molar-refractivity contribution in [2.75, 3.05) is 0 Å². The van der Waals surface area contributed by atoms with E-state index in [0.29, 0.717) is 18.4 Å². The van der Waals surface area contributed by atoms with Crippen molar-refractivity contribution in [3.05, 3.63) is 81.5 Å². The van der Waals surface area contributed by atoms with E-state index in [9.17, 15) is 14.9 Å². The summed E-state index contributed by atoms with van der Waals surface area (Å²) in [5.74, 6) is 0.0832. The molecule has 0 atom stereocenters. The molecule has 5 heteroatoms. The molecule has 146 valence electrons. The topological polar surface area (TPSA) is 73.1 Å². The number of nitrogens with zero attached hydrogens (tertiary/aromatic N) is 2. The normalized spacial score (nSPS) is 15.1. The molecule has 0 radical (unpaired) electrons. The Labute approximate surface area is 169 Å². The van der Waals surface area contributed by atoms with E-state index in [0.717, 1.165) is 33.6 Å². The number of ketones is 1. The zero-order valence-corrected chi connectivity index (χ0v) is 16.7. The van der Waals surface area contributed by atoms with Crippen LogP contribution in [-0.2, 0) is 6.42 Å². The Balaban J connectivity index is 2.00. The SMILES string of the molecule is Cc1c(-c2ccccc2)nc2c(c1-c1ccc([N+](=O)[O-])cc1)C(=O)CC(C)(C)C2. The first-order chi connectivity index (χ1) is 13.8. The van der Waals surface area contributed by atoms with Crippen molar-refractivity contribution < 1.29 is 9.72 Å². The summed E-state index contributed by atoms with van der Waals surface area (Å²) in [4.78, 5) is 28.7. The summed E-state index contributed by atoms with van der Waals surface area (Å²) in [6, 6.07) is 16.3. The van der Waals surface area contributed by atoms with E-state index in [4.69, 9.17) is 4.98 Å². The fraction of sp³-hybridized carbons (Fsp3) is 0.250. The summed E-state index contributed by atoms with van der Waals surface area (Å²) in [6.45, 7) is 6.14. The van der Waals surface area contributed by atoms with Gasteiger partial charge in [0.2, 0.25) is 0 Å². The van der Waals surface area contributed by atoms with Crippen molar-refractivity contribution in [3.8, 4) is 22.4 Å². The molecule has 1 aliphatic carbocycles. The molecule has 0 saturated heterocycles. The molecule has 0 bridgehead atoms. The number of hydrogen-bond acceptors (Lipinski definition) is 4. The van der Waals surface area contributed by atoms with E-state index in [-0.39, 0.29) is 16.9 Å². The summed E-state index contributed by atoms with van der Waals surface area (Å²) in [5, 5.41) is 11.1. The molecule has 0 saturated carbocycles. The first-order valence-electron chi connectivity index (χ1n) is 9.64. The highest BCUT2D eigenvalue weighted by atomic mass is 16.6. The third kappa shape index (κ3) is 3.44. The molecule has 0 spiro atoms. The van der Waals surface area contributed by atoms with Crippen molar-refractivity contribution in [1.82, 2.24) is 4.98 Å². The van der Waals surface area contributed by atoms with Gasteiger partial charge >= 0.3 is 0 Å². The van der Waals surface area contributed by atoms with Crippen molar-refractivity contribution in [2.45, 2.75) is 33.6 Å². The van der Waals surface area contributed by atoms with E-state index < -0.39 is 4.92 Å². The van der Waals surface area contributed by atoms with Crippen LogP contribution in [0.2, 0.25) is 0 Å². The Bertz CT molecular complexity index is 1120. The van der Waals surface area contributed by atoms with E-state index in [1.54, 1.807) is 12.1 Å². The van der Waals surface area contributed by atoms with E-state index in [1.165, 1.54) is 12.1 Å². The van der Waals surface area contributed by atoms with Gasteiger partial charge in [0.05, 0.1) is 16.3 Å². The highest BCUT2D eigenvalue weighted by molar-refractivity contribution is 6.06.